The summed E-state index contributed by atoms with van der Waals surface area (Å²) in [6, 6.07) is 35.9. The Labute approximate surface area is 537 Å². The average Bonchev–Trinajstić information content (AvgIpc) is 1.77. The number of ether oxygens (including phenoxy) is 4. The largest absolute Gasteiger partial charge is 0.508 e. The zero-order chi connectivity index (χ0) is 65.3. The number of carbonyl (C=O) groups is 2. The van der Waals surface area contributed by atoms with E-state index in [1.54, 1.807) is 74.5 Å². The Kier molecular flexibility index (Phi) is 23.1. The lowest BCUT2D eigenvalue weighted by Crippen LogP contribution is -2.42. The highest BCUT2D eigenvalue weighted by Gasteiger charge is 2.47. The van der Waals surface area contributed by atoms with Crippen molar-refractivity contribution in [3.05, 3.63) is 236 Å². The predicted octanol–water partition coefficient (Wildman–Crippen LogP) is 14.2. The molecule has 0 fully saturated rings. The summed E-state index contributed by atoms with van der Waals surface area (Å²) in [7, 11) is -2.88. The van der Waals surface area contributed by atoms with Crippen molar-refractivity contribution in [2.24, 2.45) is 0 Å². The molecular weight excluding hydrogens is 1280 g/mol. The second kappa shape index (κ2) is 31.0. The molecule has 0 aliphatic rings. The van der Waals surface area contributed by atoms with Crippen molar-refractivity contribution >= 4 is 65.2 Å². The van der Waals surface area contributed by atoms with Gasteiger partial charge in [0, 0.05) is 70.3 Å². The number of aromatic nitrogens is 8. The fourth-order valence-electron chi connectivity index (χ4n) is 9.36. The van der Waals surface area contributed by atoms with Crippen LogP contribution in [0.15, 0.2) is 170 Å². The van der Waals surface area contributed by atoms with Crippen molar-refractivity contribution in [2.45, 2.75) is 50.0 Å². The van der Waals surface area contributed by atoms with Crippen molar-refractivity contribution in [3.8, 4) is 46.2 Å². The molecule has 468 valence electrons. The zero-order valence-corrected chi connectivity index (χ0v) is 52.6. The molecule has 4 aromatic heterocycles. The maximum absolute atomic E-state index is 15.7. The molecule has 10 rings (SSSR count). The van der Waals surface area contributed by atoms with Crippen LogP contribution in [-0.2, 0) is 47.8 Å². The van der Waals surface area contributed by atoms with Gasteiger partial charge in [0.25, 0.3) is 0 Å². The van der Waals surface area contributed by atoms with E-state index in [0.717, 1.165) is 35.4 Å². The van der Waals surface area contributed by atoms with Crippen molar-refractivity contribution < 1.29 is 60.3 Å². The van der Waals surface area contributed by atoms with Gasteiger partial charge in [0.2, 0.25) is 7.37 Å². The van der Waals surface area contributed by atoms with Gasteiger partial charge in [0.15, 0.2) is 13.6 Å². The number of phenols is 1. The van der Waals surface area contributed by atoms with Gasteiger partial charge in [-0.2, -0.15) is 20.7 Å². The number of esters is 2. The van der Waals surface area contributed by atoms with E-state index < -0.39 is 79.2 Å². The van der Waals surface area contributed by atoms with Gasteiger partial charge in [-0.05, 0) is 72.8 Å². The van der Waals surface area contributed by atoms with Crippen LogP contribution in [0.4, 0.5) is 17.6 Å². The Balaban J connectivity index is 0.000000226. The molecule has 6 aromatic carbocycles. The van der Waals surface area contributed by atoms with E-state index in [-0.39, 0.29) is 52.2 Å². The quantitative estimate of drug-likeness (QED) is 0.0218. The Morgan fingerprint density at radius 1 is 0.637 bits per heavy atom. The molecule has 0 bridgehead atoms. The lowest BCUT2D eigenvalue weighted by atomic mass is 9.81. The number of alkyl halides is 2. The third kappa shape index (κ3) is 17.4. The molecule has 91 heavy (non-hydrogen) atoms. The molecule has 4 atom stereocenters. The van der Waals surface area contributed by atoms with E-state index in [2.05, 4.69) is 32.3 Å². The van der Waals surface area contributed by atoms with Gasteiger partial charge in [0.1, 0.15) is 71.3 Å². The van der Waals surface area contributed by atoms with Crippen LogP contribution >= 0.6 is 53.2 Å². The number of nitrogens with zero attached hydrogens (tertiary/aromatic N) is 10. The standard InChI is InChI=1S/C32H28F2N5O5PS.C30H23F2N5O4S.CH2Cl2/c1-21(30-38-29(16-46-30)23-9-7-22(15-35)8-10-23)32(17-39-19-36-18-37-39,27-12-11-25(33)14-28(27)34)43-20-42-31(40)24-5-4-6-26(13-24)44-45(2,3)41;1-19(28-36-27(14-42-28)21-7-5-20(13-33)6-8-21)30(15-37-17-34-16-35-37,25-10-9-23(31)12-26(25)32)41-18-40-29(39)22-3-2-4-24(38)11-22;2-1-3/h4-14,16,18-19,21H,17,20H2,1-3H3;2-12,14,16-17,19,38H,15,18H2,1H3;1H2/t21-,32+;19-,30+;/m00./s1. The second-order valence-corrected chi connectivity index (χ2v) is 25.4. The summed E-state index contributed by atoms with van der Waals surface area (Å²) in [5, 5.41) is 41.3. The van der Waals surface area contributed by atoms with Crippen LogP contribution in [0.1, 0.15) is 78.7 Å². The van der Waals surface area contributed by atoms with Crippen molar-refractivity contribution in [3.63, 3.8) is 0 Å². The third-order valence-electron chi connectivity index (χ3n) is 13.8. The molecule has 0 spiro atoms. The number of hydrogen-bond acceptors (Lipinski definition) is 19. The lowest BCUT2D eigenvalue weighted by molar-refractivity contribution is -0.148. The molecule has 0 saturated heterocycles. The summed E-state index contributed by atoms with van der Waals surface area (Å²) in [6.45, 7) is 5.01. The maximum atomic E-state index is 15.7. The van der Waals surface area contributed by atoms with E-state index in [9.17, 15) is 28.0 Å². The van der Waals surface area contributed by atoms with Crippen LogP contribution in [0.25, 0.3) is 22.5 Å². The van der Waals surface area contributed by atoms with Gasteiger partial charge in [0.05, 0.1) is 74.2 Å². The smallest absolute Gasteiger partial charge is 0.340 e. The molecule has 1 N–H and O–H groups in total. The molecule has 0 unspecified atom stereocenters. The van der Waals surface area contributed by atoms with Gasteiger partial charge < -0.3 is 28.6 Å². The maximum Gasteiger partial charge on any atom is 0.340 e. The molecule has 0 aliphatic heterocycles. The van der Waals surface area contributed by atoms with Gasteiger partial charge in [-0.3, -0.25) is 4.57 Å². The number of carbonyl (C=O) groups excluding carboxylic acids is 2. The van der Waals surface area contributed by atoms with Gasteiger partial charge >= 0.3 is 11.9 Å². The lowest BCUT2D eigenvalue weighted by Gasteiger charge is -2.38. The molecule has 0 aliphatic carbocycles. The molecule has 0 saturated carbocycles. The first kappa shape index (κ1) is 67.8. The molecular formula is C63H53Cl2F4N10O9PS2. The van der Waals surface area contributed by atoms with Gasteiger partial charge in [-0.15, -0.1) is 45.9 Å². The van der Waals surface area contributed by atoms with Crippen LogP contribution in [-0.4, -0.2) is 88.8 Å². The topological polar surface area (TPSA) is 252 Å². The minimum absolute atomic E-state index is 0.00423. The Hall–Kier alpha value is -9.17. The zero-order valence-electron chi connectivity index (χ0n) is 48.6. The molecule has 0 radical (unpaired) electrons. The van der Waals surface area contributed by atoms with Crippen molar-refractivity contribution in [1.82, 2.24) is 39.5 Å². The van der Waals surface area contributed by atoms with E-state index >= 15 is 8.78 Å². The first-order valence-electron chi connectivity index (χ1n) is 27.0. The summed E-state index contributed by atoms with van der Waals surface area (Å²) >= 11 is 12.1. The van der Waals surface area contributed by atoms with E-state index in [1.807, 2.05) is 10.8 Å². The number of nitriles is 2. The van der Waals surface area contributed by atoms with Crippen molar-refractivity contribution in [1.29, 1.82) is 10.5 Å². The minimum atomic E-state index is -2.88. The van der Waals surface area contributed by atoms with Crippen LogP contribution in [0.5, 0.6) is 11.5 Å². The average molecular weight is 1340 g/mol. The number of phenolic OH excluding ortho intramolecular Hbond substituents is 1. The number of hydrogen-bond donors (Lipinski definition) is 1. The monoisotopic (exact) mass is 1330 g/mol. The minimum Gasteiger partial charge on any atom is -0.508 e. The van der Waals surface area contributed by atoms with E-state index in [1.165, 1.54) is 119 Å². The fourth-order valence-corrected chi connectivity index (χ4v) is 11.9. The third-order valence-corrected chi connectivity index (χ3v) is 16.5. The van der Waals surface area contributed by atoms with E-state index in [0.29, 0.717) is 32.5 Å². The molecule has 4 heterocycles. The summed E-state index contributed by atoms with van der Waals surface area (Å²) in [4.78, 5) is 43.3. The van der Waals surface area contributed by atoms with Crippen LogP contribution in [0, 0.1) is 45.9 Å². The summed E-state index contributed by atoms with van der Waals surface area (Å²) < 4.78 is 103. The van der Waals surface area contributed by atoms with Crippen LogP contribution in [0.3, 0.4) is 0 Å². The highest BCUT2D eigenvalue weighted by molar-refractivity contribution is 7.57. The molecule has 0 amide bonds. The van der Waals surface area contributed by atoms with Crippen molar-refractivity contribution in [2.75, 3.05) is 32.3 Å². The fraction of sp³-hybridized carbons (Fsp3) is 0.206. The molecule has 19 nitrogen and oxygen atoms in total. The highest BCUT2D eigenvalue weighted by Crippen LogP contribution is 2.47. The SMILES string of the molecule is C[C@@H](c1nc(-c2ccc(C#N)cc2)cs1)[C@@](Cn1cncn1)(OCOC(=O)c1cccc(O)c1)c1ccc(F)cc1F.C[C@@H](c1nc(-c2ccc(C#N)cc2)cs1)[C@@](Cn1cncn1)(OCOC(=O)c1cccc(OP(C)(C)=O)c1)c1ccc(F)cc1F.ClCCl. The Morgan fingerprint density at radius 2 is 1.07 bits per heavy atom. The normalized spacial score (nSPS) is 13.1. The molecule has 28 heteroatoms. The Bertz CT molecular complexity index is 4230. The summed E-state index contributed by atoms with van der Waals surface area (Å²) in [5.41, 5.74) is 0.774. The number of benzene rings is 6. The number of aromatic hydroxyl groups is 1. The summed E-state index contributed by atoms with van der Waals surface area (Å²) in [6.07, 6.45) is 5.47. The first-order chi connectivity index (χ1) is 43.7. The van der Waals surface area contributed by atoms with E-state index in [4.69, 9.17) is 67.2 Å². The first-order valence-corrected chi connectivity index (χ1v) is 32.4. The second-order valence-electron chi connectivity index (χ2n) is 20.1. The van der Waals surface area contributed by atoms with Crippen LogP contribution in [0.2, 0.25) is 0 Å². The van der Waals surface area contributed by atoms with Gasteiger partial charge in [-0.25, -0.2) is 56.5 Å². The summed E-state index contributed by atoms with van der Waals surface area (Å²) in [5.74, 6) is -6.12. The van der Waals surface area contributed by atoms with Gasteiger partial charge in [-0.1, -0.05) is 62.4 Å². The predicted molar refractivity (Wildman–Crippen MR) is 331 cm³/mol. The molecule has 10 aromatic rings. The number of rotatable bonds is 22. The Morgan fingerprint density at radius 3 is 1.45 bits per heavy atom. The number of halogens is 6. The van der Waals surface area contributed by atoms with Crippen LogP contribution < -0.4 is 4.52 Å². The highest BCUT2D eigenvalue weighted by atomic mass is 35.5. The number of thiazole rings is 2.